The van der Waals surface area contributed by atoms with E-state index < -0.39 is 0 Å². The van der Waals surface area contributed by atoms with E-state index in [0.29, 0.717) is 5.82 Å². The second-order valence-corrected chi connectivity index (χ2v) is 5.42. The lowest BCUT2D eigenvalue weighted by atomic mass is 10.2. The monoisotopic (exact) mass is 304 g/mol. The van der Waals surface area contributed by atoms with Crippen LogP contribution in [0.5, 0.6) is 0 Å². The zero-order chi connectivity index (χ0) is 15.8. The van der Waals surface area contributed by atoms with E-state index in [0.717, 1.165) is 28.0 Å². The van der Waals surface area contributed by atoms with Crippen molar-refractivity contribution in [2.24, 2.45) is 7.05 Å². The molecule has 4 rings (SSSR count). The van der Waals surface area contributed by atoms with E-state index in [1.807, 2.05) is 71.0 Å². The minimum absolute atomic E-state index is 0.0895. The summed E-state index contributed by atoms with van der Waals surface area (Å²) in [6, 6.07) is 18.1. The van der Waals surface area contributed by atoms with Crippen LogP contribution in [0, 0.1) is 0 Å². The summed E-state index contributed by atoms with van der Waals surface area (Å²) in [5, 5.41) is 15.2. The zero-order valence-corrected chi connectivity index (χ0v) is 12.7. The Bertz CT molecular complexity index is 969. The van der Waals surface area contributed by atoms with Crippen LogP contribution in [0.2, 0.25) is 0 Å². The molecule has 2 aromatic heterocycles. The second kappa shape index (κ2) is 5.37. The molecule has 0 unspecified atom stereocenters. The first kappa shape index (κ1) is 13.7. The van der Waals surface area contributed by atoms with Gasteiger partial charge in [0.1, 0.15) is 23.8 Å². The highest BCUT2D eigenvalue weighted by Gasteiger charge is 2.16. The van der Waals surface area contributed by atoms with Gasteiger partial charge in [0, 0.05) is 18.6 Å². The summed E-state index contributed by atoms with van der Waals surface area (Å²) < 4.78 is 3.75. The Labute approximate surface area is 133 Å². The van der Waals surface area contributed by atoms with E-state index in [2.05, 4.69) is 11.1 Å². The molecule has 0 radical (unpaired) electrons. The molecule has 5 heteroatoms. The number of rotatable bonds is 3. The largest absolute Gasteiger partial charge is 0.388 e. The number of hydrogen-bond donors (Lipinski definition) is 1. The predicted molar refractivity (Wildman–Crippen MR) is 89.2 cm³/mol. The van der Waals surface area contributed by atoms with Crippen LogP contribution in [0.1, 0.15) is 5.82 Å². The van der Waals surface area contributed by atoms with Gasteiger partial charge in [-0.05, 0) is 18.2 Å². The van der Waals surface area contributed by atoms with E-state index in [1.165, 1.54) is 0 Å². The Morgan fingerprint density at radius 3 is 2.48 bits per heavy atom. The number of aliphatic hydroxyl groups is 1. The molecule has 0 spiro atoms. The van der Waals surface area contributed by atoms with Gasteiger partial charge in [0.2, 0.25) is 0 Å². The van der Waals surface area contributed by atoms with Crippen LogP contribution in [0.15, 0.2) is 60.8 Å². The Balaban J connectivity index is 1.97. The van der Waals surface area contributed by atoms with E-state index in [9.17, 15) is 5.11 Å². The Morgan fingerprint density at radius 2 is 1.74 bits per heavy atom. The molecule has 0 aliphatic heterocycles. The van der Waals surface area contributed by atoms with Gasteiger partial charge in [-0.25, -0.2) is 9.67 Å². The highest BCUT2D eigenvalue weighted by atomic mass is 16.3. The van der Waals surface area contributed by atoms with Crippen molar-refractivity contribution >= 4 is 10.9 Å². The maximum atomic E-state index is 9.37. The summed E-state index contributed by atoms with van der Waals surface area (Å²) in [5.74, 6) is 0.623. The third-order valence-corrected chi connectivity index (χ3v) is 3.94. The summed E-state index contributed by atoms with van der Waals surface area (Å²) in [7, 11) is 1.87. The SMILES string of the molecule is Cn1cc(-c2nn(-c3ccccc3)c3ccccc23)nc1CO. The Kier molecular flexibility index (Phi) is 3.20. The number of nitrogens with zero attached hydrogens (tertiary/aromatic N) is 4. The minimum Gasteiger partial charge on any atom is -0.388 e. The lowest BCUT2D eigenvalue weighted by Crippen LogP contribution is -1.95. The van der Waals surface area contributed by atoms with E-state index in [1.54, 1.807) is 0 Å². The molecule has 4 aromatic rings. The molecule has 0 bridgehead atoms. The third-order valence-electron chi connectivity index (χ3n) is 3.94. The first-order valence-electron chi connectivity index (χ1n) is 7.44. The molecule has 2 aromatic carbocycles. The van der Waals surface area contributed by atoms with Crippen molar-refractivity contribution in [2.75, 3.05) is 0 Å². The summed E-state index contributed by atoms with van der Waals surface area (Å²) in [6.45, 7) is -0.0895. The van der Waals surface area contributed by atoms with Gasteiger partial charge < -0.3 is 9.67 Å². The second-order valence-electron chi connectivity index (χ2n) is 5.42. The number of aryl methyl sites for hydroxylation is 1. The molecule has 2 heterocycles. The van der Waals surface area contributed by atoms with E-state index in [4.69, 9.17) is 5.10 Å². The molecule has 114 valence electrons. The minimum atomic E-state index is -0.0895. The summed E-state index contributed by atoms with van der Waals surface area (Å²) in [5.41, 5.74) is 3.63. The highest BCUT2D eigenvalue weighted by Crippen LogP contribution is 2.29. The van der Waals surface area contributed by atoms with Crippen LogP contribution in [-0.2, 0) is 13.7 Å². The fraction of sp³-hybridized carbons (Fsp3) is 0.111. The van der Waals surface area contributed by atoms with Crippen LogP contribution in [0.25, 0.3) is 28.0 Å². The summed E-state index contributed by atoms with van der Waals surface area (Å²) >= 11 is 0. The Hall–Kier alpha value is -2.92. The smallest absolute Gasteiger partial charge is 0.135 e. The quantitative estimate of drug-likeness (QED) is 0.633. The van der Waals surface area contributed by atoms with Crippen LogP contribution >= 0.6 is 0 Å². The van der Waals surface area contributed by atoms with E-state index in [-0.39, 0.29) is 6.61 Å². The van der Waals surface area contributed by atoms with Crippen LogP contribution in [-0.4, -0.2) is 24.4 Å². The molecular formula is C18H16N4O. The maximum Gasteiger partial charge on any atom is 0.135 e. The normalized spacial score (nSPS) is 11.2. The van der Waals surface area contributed by atoms with Gasteiger partial charge in [-0.1, -0.05) is 36.4 Å². The van der Waals surface area contributed by atoms with Crippen molar-refractivity contribution < 1.29 is 5.11 Å². The molecule has 1 N–H and O–H groups in total. The molecule has 0 fully saturated rings. The Morgan fingerprint density at radius 1 is 1.00 bits per heavy atom. The van der Waals surface area contributed by atoms with Crippen molar-refractivity contribution in [3.05, 3.63) is 66.6 Å². The lowest BCUT2D eigenvalue weighted by molar-refractivity contribution is 0.267. The van der Waals surface area contributed by atoms with Gasteiger partial charge in [0.15, 0.2) is 0 Å². The average molecular weight is 304 g/mol. The summed E-state index contributed by atoms with van der Waals surface area (Å²) in [4.78, 5) is 4.49. The average Bonchev–Trinajstić information content (AvgIpc) is 3.16. The number of imidazole rings is 1. The number of aliphatic hydroxyl groups excluding tert-OH is 1. The molecule has 0 amide bonds. The maximum absolute atomic E-state index is 9.37. The third kappa shape index (κ3) is 2.22. The standard InChI is InChI=1S/C18H16N4O/c1-21-11-15(19-17(21)12-23)18-14-9-5-6-10-16(14)22(20-18)13-7-3-2-4-8-13/h2-11,23H,12H2,1H3. The molecule has 23 heavy (non-hydrogen) atoms. The molecule has 0 atom stereocenters. The number of benzene rings is 2. The molecule has 0 aliphatic rings. The van der Waals surface area contributed by atoms with Crippen LogP contribution in [0.4, 0.5) is 0 Å². The van der Waals surface area contributed by atoms with Gasteiger partial charge in [-0.2, -0.15) is 5.10 Å². The van der Waals surface area contributed by atoms with Gasteiger partial charge in [-0.3, -0.25) is 0 Å². The van der Waals surface area contributed by atoms with Crippen molar-refractivity contribution in [3.63, 3.8) is 0 Å². The van der Waals surface area contributed by atoms with Gasteiger partial charge in [0.25, 0.3) is 0 Å². The first-order chi connectivity index (χ1) is 11.3. The number of aromatic nitrogens is 4. The molecule has 0 saturated heterocycles. The topological polar surface area (TPSA) is 55.9 Å². The van der Waals surface area contributed by atoms with Crippen molar-refractivity contribution in [2.45, 2.75) is 6.61 Å². The molecule has 0 saturated carbocycles. The summed E-state index contributed by atoms with van der Waals surface area (Å²) in [6.07, 6.45) is 1.90. The fourth-order valence-electron chi connectivity index (χ4n) is 2.79. The number of fused-ring (bicyclic) bond motifs is 1. The number of para-hydroxylation sites is 2. The van der Waals surface area contributed by atoms with Gasteiger partial charge in [-0.15, -0.1) is 0 Å². The zero-order valence-electron chi connectivity index (χ0n) is 12.7. The van der Waals surface area contributed by atoms with Gasteiger partial charge in [0.05, 0.1) is 11.2 Å². The fourth-order valence-corrected chi connectivity index (χ4v) is 2.79. The van der Waals surface area contributed by atoms with Gasteiger partial charge >= 0.3 is 0 Å². The first-order valence-corrected chi connectivity index (χ1v) is 7.44. The van der Waals surface area contributed by atoms with Crippen molar-refractivity contribution in [1.29, 1.82) is 0 Å². The highest BCUT2D eigenvalue weighted by molar-refractivity contribution is 5.93. The van der Waals surface area contributed by atoms with Crippen LogP contribution in [0.3, 0.4) is 0 Å². The van der Waals surface area contributed by atoms with Crippen molar-refractivity contribution in [1.82, 2.24) is 19.3 Å². The predicted octanol–water partition coefficient (Wildman–Crippen LogP) is 2.92. The van der Waals surface area contributed by atoms with E-state index >= 15 is 0 Å². The molecular weight excluding hydrogens is 288 g/mol. The molecule has 0 aliphatic carbocycles. The van der Waals surface area contributed by atoms with Crippen LogP contribution < -0.4 is 0 Å². The van der Waals surface area contributed by atoms with Crippen molar-refractivity contribution in [3.8, 4) is 17.1 Å². The lowest BCUT2D eigenvalue weighted by Gasteiger charge is -2.01. The number of hydrogen-bond acceptors (Lipinski definition) is 3. The molecule has 5 nitrogen and oxygen atoms in total.